The van der Waals surface area contributed by atoms with Crippen LogP contribution in [-0.2, 0) is 4.79 Å². The first-order valence-corrected chi connectivity index (χ1v) is 7.60. The molecule has 2 rings (SSSR count). The summed E-state index contributed by atoms with van der Waals surface area (Å²) >= 11 is 0. The molecule has 114 valence electrons. The van der Waals surface area contributed by atoms with Gasteiger partial charge < -0.3 is 15.5 Å². The topological polar surface area (TPSA) is 62.6 Å². The van der Waals surface area contributed by atoms with Crippen LogP contribution in [0.15, 0.2) is 24.3 Å². The molecule has 1 aliphatic rings. The summed E-state index contributed by atoms with van der Waals surface area (Å²) in [6.45, 7) is 5.65. The van der Waals surface area contributed by atoms with Gasteiger partial charge >= 0.3 is 0 Å². The van der Waals surface area contributed by atoms with Crippen molar-refractivity contribution in [1.82, 2.24) is 10.6 Å². The van der Waals surface area contributed by atoms with E-state index < -0.39 is 0 Å². The van der Waals surface area contributed by atoms with Gasteiger partial charge in [0.1, 0.15) is 0 Å². The van der Waals surface area contributed by atoms with Crippen molar-refractivity contribution >= 4 is 11.8 Å². The lowest BCUT2D eigenvalue weighted by Crippen LogP contribution is -3.11. The second-order valence-electron chi connectivity index (χ2n) is 5.61. The van der Waals surface area contributed by atoms with E-state index >= 15 is 0 Å². The largest absolute Gasteiger partial charge is 0.350 e. The predicted octanol–water partition coefficient (Wildman–Crippen LogP) is -0.480. The molecule has 0 unspecified atom stereocenters. The van der Waals surface area contributed by atoms with E-state index in [4.69, 9.17) is 0 Å². The molecule has 0 aliphatic carbocycles. The van der Waals surface area contributed by atoms with Crippen LogP contribution in [0.1, 0.15) is 28.8 Å². The Kier molecular flexibility index (Phi) is 5.75. The summed E-state index contributed by atoms with van der Waals surface area (Å²) in [5.74, 6) is -0.0362. The van der Waals surface area contributed by atoms with E-state index in [1.54, 1.807) is 12.1 Å². The number of benzene rings is 1. The molecule has 0 saturated carbocycles. The van der Waals surface area contributed by atoms with E-state index in [9.17, 15) is 9.59 Å². The van der Waals surface area contributed by atoms with Crippen LogP contribution in [-0.4, -0.2) is 44.5 Å². The molecular weight excluding hydrogens is 266 g/mol. The summed E-state index contributed by atoms with van der Waals surface area (Å²) in [6.07, 6.45) is 2.43. The molecule has 0 bridgehead atoms. The Morgan fingerprint density at radius 3 is 2.33 bits per heavy atom. The number of hydrogen-bond donors (Lipinski definition) is 3. The summed E-state index contributed by atoms with van der Waals surface area (Å²) in [4.78, 5) is 24.9. The number of aryl methyl sites for hydroxylation is 1. The van der Waals surface area contributed by atoms with E-state index in [0.717, 1.165) is 18.7 Å². The van der Waals surface area contributed by atoms with Crippen LogP contribution in [0.3, 0.4) is 0 Å². The van der Waals surface area contributed by atoms with Crippen molar-refractivity contribution in [3.05, 3.63) is 35.4 Å². The molecule has 5 heteroatoms. The summed E-state index contributed by atoms with van der Waals surface area (Å²) in [5.41, 5.74) is 1.77. The fourth-order valence-corrected chi connectivity index (χ4v) is 2.53. The average molecular weight is 290 g/mol. The summed E-state index contributed by atoms with van der Waals surface area (Å²) in [6, 6.07) is 7.44. The molecule has 1 aromatic carbocycles. The van der Waals surface area contributed by atoms with Crippen molar-refractivity contribution in [3.8, 4) is 0 Å². The lowest BCUT2D eigenvalue weighted by atomic mass is 10.1. The van der Waals surface area contributed by atoms with Gasteiger partial charge in [-0.2, -0.15) is 0 Å². The number of rotatable bonds is 6. The van der Waals surface area contributed by atoms with Crippen LogP contribution < -0.4 is 15.5 Å². The number of carbonyl (C=O) groups is 2. The van der Waals surface area contributed by atoms with Crippen molar-refractivity contribution < 1.29 is 14.5 Å². The van der Waals surface area contributed by atoms with Crippen molar-refractivity contribution in [2.24, 2.45) is 0 Å². The van der Waals surface area contributed by atoms with Gasteiger partial charge in [-0.05, 0) is 19.1 Å². The normalized spacial score (nSPS) is 14.9. The Hall–Kier alpha value is -1.88. The molecule has 1 saturated heterocycles. The van der Waals surface area contributed by atoms with Gasteiger partial charge in [-0.3, -0.25) is 9.59 Å². The third kappa shape index (κ3) is 5.19. The first kappa shape index (κ1) is 15.5. The average Bonchev–Trinajstić information content (AvgIpc) is 2.97. The lowest BCUT2D eigenvalue weighted by Gasteiger charge is -2.12. The number of hydrogen-bond acceptors (Lipinski definition) is 2. The number of likely N-dealkylation sites (tertiary alicyclic amines) is 1. The van der Waals surface area contributed by atoms with Gasteiger partial charge in [-0.1, -0.05) is 17.7 Å². The van der Waals surface area contributed by atoms with Gasteiger partial charge in [0.2, 0.25) is 0 Å². The quantitative estimate of drug-likeness (QED) is 0.620. The lowest BCUT2D eigenvalue weighted by molar-refractivity contribution is -0.879. The molecule has 2 amide bonds. The van der Waals surface area contributed by atoms with Gasteiger partial charge in [0.15, 0.2) is 6.54 Å². The smallest absolute Gasteiger partial charge is 0.275 e. The molecule has 0 aromatic heterocycles. The second kappa shape index (κ2) is 7.78. The molecule has 0 atom stereocenters. The molecule has 1 aromatic rings. The minimum Gasteiger partial charge on any atom is -0.350 e. The minimum atomic E-state index is -0.102. The van der Waals surface area contributed by atoms with Crippen LogP contribution in [0.4, 0.5) is 0 Å². The zero-order valence-corrected chi connectivity index (χ0v) is 12.6. The highest BCUT2D eigenvalue weighted by Gasteiger charge is 2.18. The molecule has 1 aliphatic heterocycles. The second-order valence-corrected chi connectivity index (χ2v) is 5.61. The number of carbonyl (C=O) groups excluding carboxylic acids is 2. The molecule has 0 radical (unpaired) electrons. The van der Waals surface area contributed by atoms with Crippen LogP contribution in [0.5, 0.6) is 0 Å². The van der Waals surface area contributed by atoms with Crippen LogP contribution in [0, 0.1) is 6.92 Å². The Balaban J connectivity index is 1.61. The summed E-state index contributed by atoms with van der Waals surface area (Å²) in [5, 5.41) is 5.66. The van der Waals surface area contributed by atoms with Crippen LogP contribution in [0.2, 0.25) is 0 Å². The molecule has 1 heterocycles. The summed E-state index contributed by atoms with van der Waals surface area (Å²) in [7, 11) is 0. The van der Waals surface area contributed by atoms with Crippen molar-refractivity contribution in [2.75, 3.05) is 32.7 Å². The summed E-state index contributed by atoms with van der Waals surface area (Å²) < 4.78 is 0. The predicted molar refractivity (Wildman–Crippen MR) is 81.3 cm³/mol. The van der Waals surface area contributed by atoms with Crippen molar-refractivity contribution in [2.45, 2.75) is 19.8 Å². The first-order valence-electron chi connectivity index (χ1n) is 7.60. The maximum Gasteiger partial charge on any atom is 0.275 e. The van der Waals surface area contributed by atoms with Gasteiger partial charge in [0, 0.05) is 31.5 Å². The molecule has 5 nitrogen and oxygen atoms in total. The van der Waals surface area contributed by atoms with Gasteiger partial charge in [-0.25, -0.2) is 0 Å². The molecule has 1 fully saturated rings. The third-order valence-corrected chi connectivity index (χ3v) is 3.77. The highest BCUT2D eigenvalue weighted by molar-refractivity contribution is 5.94. The zero-order chi connectivity index (χ0) is 15.1. The van der Waals surface area contributed by atoms with Crippen molar-refractivity contribution in [3.63, 3.8) is 0 Å². The number of nitrogens with one attached hydrogen (secondary N) is 3. The van der Waals surface area contributed by atoms with Crippen LogP contribution in [0.25, 0.3) is 0 Å². The van der Waals surface area contributed by atoms with Gasteiger partial charge in [0.05, 0.1) is 13.1 Å². The van der Waals surface area contributed by atoms with Gasteiger partial charge in [-0.15, -0.1) is 0 Å². The molecular formula is C16H24N3O2+. The van der Waals surface area contributed by atoms with Crippen LogP contribution >= 0.6 is 0 Å². The standard InChI is InChI=1S/C16H23N3O2/c1-13-4-6-14(7-5-13)16(21)18-9-8-17-15(20)12-19-10-2-3-11-19/h4-7H,2-3,8-12H2,1H3,(H,17,20)(H,18,21)/p+1. The maximum absolute atomic E-state index is 11.9. The molecule has 0 spiro atoms. The zero-order valence-electron chi connectivity index (χ0n) is 12.6. The minimum absolute atomic E-state index is 0.0662. The number of amides is 2. The molecule has 21 heavy (non-hydrogen) atoms. The highest BCUT2D eigenvalue weighted by Crippen LogP contribution is 2.02. The SMILES string of the molecule is Cc1ccc(C(=O)NCCNC(=O)C[NH+]2CCCC2)cc1. The maximum atomic E-state index is 11.9. The molecule has 3 N–H and O–H groups in total. The first-order chi connectivity index (χ1) is 10.1. The van der Waals surface area contributed by atoms with Crippen molar-refractivity contribution in [1.29, 1.82) is 0 Å². The fourth-order valence-electron chi connectivity index (χ4n) is 2.53. The van der Waals surface area contributed by atoms with E-state index in [-0.39, 0.29) is 11.8 Å². The Bertz CT molecular complexity index is 479. The third-order valence-electron chi connectivity index (χ3n) is 3.77. The monoisotopic (exact) mass is 290 g/mol. The fraction of sp³-hybridized carbons (Fsp3) is 0.500. The van der Waals surface area contributed by atoms with Gasteiger partial charge in [0.25, 0.3) is 11.8 Å². The van der Waals surface area contributed by atoms with E-state index in [1.165, 1.54) is 17.7 Å². The van der Waals surface area contributed by atoms with E-state index in [1.807, 2.05) is 19.1 Å². The highest BCUT2D eigenvalue weighted by atomic mass is 16.2. The Morgan fingerprint density at radius 2 is 1.67 bits per heavy atom. The van der Waals surface area contributed by atoms with E-state index in [0.29, 0.717) is 25.2 Å². The Labute approximate surface area is 125 Å². The Morgan fingerprint density at radius 1 is 1.05 bits per heavy atom. The van der Waals surface area contributed by atoms with E-state index in [2.05, 4.69) is 10.6 Å². The number of quaternary nitrogens is 1.